The number of ketones is 1. The highest BCUT2D eigenvalue weighted by molar-refractivity contribution is 7.22. The topological polar surface area (TPSA) is 79.7 Å². The van der Waals surface area contributed by atoms with Gasteiger partial charge in [0.2, 0.25) is 0 Å². The quantitative estimate of drug-likeness (QED) is 0.352. The van der Waals surface area contributed by atoms with Crippen LogP contribution in [0, 0.1) is 6.92 Å². The van der Waals surface area contributed by atoms with Gasteiger partial charge in [0.25, 0.3) is 5.91 Å². The van der Waals surface area contributed by atoms with Gasteiger partial charge in [0.05, 0.1) is 28.9 Å². The second-order valence-corrected chi connectivity index (χ2v) is 9.20. The van der Waals surface area contributed by atoms with Gasteiger partial charge in [0, 0.05) is 0 Å². The maximum absolute atomic E-state index is 13.4. The minimum atomic E-state index is -0.854. The van der Waals surface area contributed by atoms with Crippen LogP contribution in [0.3, 0.4) is 0 Å². The number of allylic oxidation sites excluding steroid dienone is 1. The zero-order valence-electron chi connectivity index (χ0n) is 19.1. The summed E-state index contributed by atoms with van der Waals surface area (Å²) in [5.74, 6) is -1.11. The number of hydrogen-bond donors (Lipinski definition) is 1. The Hall–Kier alpha value is -4.23. The van der Waals surface area contributed by atoms with Crippen molar-refractivity contribution in [2.45, 2.75) is 13.0 Å². The number of aromatic nitrogens is 1. The van der Waals surface area contributed by atoms with Crippen LogP contribution in [0.5, 0.6) is 5.75 Å². The molecule has 1 amide bonds. The predicted molar refractivity (Wildman–Crippen MR) is 138 cm³/mol. The highest BCUT2D eigenvalue weighted by atomic mass is 32.1. The van der Waals surface area contributed by atoms with Gasteiger partial charge in [-0.1, -0.05) is 65.9 Å². The molecule has 3 aromatic carbocycles. The molecule has 4 aromatic rings. The molecule has 1 aliphatic rings. The number of aryl methyl sites for hydroxylation is 1. The van der Waals surface area contributed by atoms with Crippen LogP contribution in [0.1, 0.15) is 22.7 Å². The molecule has 0 aliphatic carbocycles. The van der Waals surface area contributed by atoms with Crippen LogP contribution in [0.25, 0.3) is 16.3 Å². The van der Waals surface area contributed by atoms with Crippen molar-refractivity contribution in [1.82, 2.24) is 4.98 Å². The first-order valence-electron chi connectivity index (χ1n) is 11.0. The molecule has 0 saturated heterocycles. The largest absolute Gasteiger partial charge is 0.503 e. The molecule has 5 rings (SSSR count). The lowest BCUT2D eigenvalue weighted by Crippen LogP contribution is -2.30. The van der Waals surface area contributed by atoms with Crippen LogP contribution in [-0.4, -0.2) is 28.9 Å². The number of fused-ring (bicyclic) bond motifs is 1. The van der Waals surface area contributed by atoms with Crippen molar-refractivity contribution in [1.29, 1.82) is 0 Å². The number of nitrogens with zero attached hydrogens (tertiary/aromatic N) is 2. The third-order valence-corrected chi connectivity index (χ3v) is 6.87. The molecule has 1 unspecified atom stereocenters. The van der Waals surface area contributed by atoms with Crippen molar-refractivity contribution in [3.8, 4) is 5.75 Å². The van der Waals surface area contributed by atoms with Crippen LogP contribution in [-0.2, 0) is 9.59 Å². The van der Waals surface area contributed by atoms with Crippen molar-refractivity contribution in [2.75, 3.05) is 12.0 Å². The Morgan fingerprint density at radius 3 is 2.66 bits per heavy atom. The summed E-state index contributed by atoms with van der Waals surface area (Å²) in [4.78, 5) is 32.8. The van der Waals surface area contributed by atoms with E-state index >= 15 is 0 Å². The Morgan fingerprint density at radius 2 is 1.89 bits per heavy atom. The van der Waals surface area contributed by atoms with Crippen LogP contribution in [0.15, 0.2) is 90.2 Å². The first kappa shape index (κ1) is 22.6. The minimum absolute atomic E-state index is 0.00544. The molecule has 0 bridgehead atoms. The lowest BCUT2D eigenvalue weighted by atomic mass is 9.95. The van der Waals surface area contributed by atoms with Crippen LogP contribution in [0.2, 0.25) is 0 Å². The summed E-state index contributed by atoms with van der Waals surface area (Å²) in [5, 5.41) is 11.3. The van der Waals surface area contributed by atoms with E-state index in [1.165, 1.54) is 22.3 Å². The fourth-order valence-corrected chi connectivity index (χ4v) is 5.22. The third kappa shape index (κ3) is 4.22. The van der Waals surface area contributed by atoms with Gasteiger partial charge in [0.1, 0.15) is 5.75 Å². The van der Waals surface area contributed by atoms with E-state index in [2.05, 4.69) is 4.98 Å². The summed E-state index contributed by atoms with van der Waals surface area (Å²) in [6, 6.07) is 21.5. The normalized spacial score (nSPS) is 16.0. The zero-order chi connectivity index (χ0) is 24.5. The number of ether oxygens (including phenoxy) is 1. The monoisotopic (exact) mass is 482 g/mol. The molecule has 1 N–H and O–H groups in total. The van der Waals surface area contributed by atoms with E-state index in [1.54, 1.807) is 37.5 Å². The molecule has 1 aromatic heterocycles. The Morgan fingerprint density at radius 1 is 1.09 bits per heavy atom. The number of aliphatic hydroxyl groups is 1. The second kappa shape index (κ2) is 9.19. The molecule has 0 radical (unpaired) electrons. The molecule has 6 nitrogen and oxygen atoms in total. The second-order valence-electron chi connectivity index (χ2n) is 8.19. The van der Waals surface area contributed by atoms with Crippen molar-refractivity contribution in [2.24, 2.45) is 0 Å². The molecule has 174 valence electrons. The predicted octanol–water partition coefficient (Wildman–Crippen LogP) is 5.80. The van der Waals surface area contributed by atoms with E-state index in [9.17, 15) is 14.7 Å². The SMILES string of the molecule is COc1cccc(C2C(C(=O)C=Cc3ccccc3)=C(O)C(=O)N2c2nc3ccc(C)cc3s2)c1. The lowest BCUT2D eigenvalue weighted by molar-refractivity contribution is -0.117. The van der Waals surface area contributed by atoms with E-state index in [4.69, 9.17) is 4.74 Å². The van der Waals surface area contributed by atoms with Gasteiger partial charge in [-0.3, -0.25) is 14.5 Å². The Bertz CT molecular complexity index is 1500. The fraction of sp³-hybridized carbons (Fsp3) is 0.107. The van der Waals surface area contributed by atoms with Gasteiger partial charge in [-0.05, 0) is 54.0 Å². The molecular weight excluding hydrogens is 460 g/mol. The van der Waals surface area contributed by atoms with E-state index in [1.807, 2.05) is 55.5 Å². The molecule has 2 heterocycles. The number of methoxy groups -OCH3 is 1. The van der Waals surface area contributed by atoms with Gasteiger partial charge in [-0.2, -0.15) is 0 Å². The molecule has 1 atom stereocenters. The van der Waals surface area contributed by atoms with Crippen molar-refractivity contribution >= 4 is 44.5 Å². The first-order chi connectivity index (χ1) is 17.0. The van der Waals surface area contributed by atoms with E-state index in [0.717, 1.165) is 21.3 Å². The van der Waals surface area contributed by atoms with Crippen molar-refractivity contribution in [3.63, 3.8) is 0 Å². The zero-order valence-corrected chi connectivity index (χ0v) is 20.0. The molecule has 0 spiro atoms. The third-order valence-electron chi connectivity index (χ3n) is 5.85. The maximum atomic E-state index is 13.4. The number of aliphatic hydroxyl groups excluding tert-OH is 1. The van der Waals surface area contributed by atoms with E-state index in [0.29, 0.717) is 16.4 Å². The van der Waals surface area contributed by atoms with Gasteiger partial charge in [-0.15, -0.1) is 0 Å². The standard InChI is InChI=1S/C28H22N2O4S/c1-17-11-13-21-23(15-17)35-28(29-21)30-25(19-9-6-10-20(16-19)34-2)24(26(32)27(30)33)22(31)14-12-18-7-4-3-5-8-18/h3-16,25,32H,1-2H3. The van der Waals surface area contributed by atoms with Gasteiger partial charge in [0.15, 0.2) is 16.7 Å². The molecule has 35 heavy (non-hydrogen) atoms. The number of amides is 1. The Balaban J connectivity index is 1.62. The number of anilines is 1. The summed E-state index contributed by atoms with van der Waals surface area (Å²) < 4.78 is 6.29. The number of carbonyl (C=O) groups excluding carboxylic acids is 2. The minimum Gasteiger partial charge on any atom is -0.503 e. The average Bonchev–Trinajstić information content (AvgIpc) is 3.41. The number of hydrogen-bond acceptors (Lipinski definition) is 6. The summed E-state index contributed by atoms with van der Waals surface area (Å²) in [6.45, 7) is 1.99. The van der Waals surface area contributed by atoms with Crippen LogP contribution in [0.4, 0.5) is 5.13 Å². The van der Waals surface area contributed by atoms with Crippen molar-refractivity contribution in [3.05, 3.63) is 107 Å². The average molecular weight is 483 g/mol. The summed E-state index contributed by atoms with van der Waals surface area (Å²) >= 11 is 1.34. The Kier molecular flexibility index (Phi) is 5.93. The maximum Gasteiger partial charge on any atom is 0.296 e. The first-order valence-corrected chi connectivity index (χ1v) is 11.8. The summed E-state index contributed by atoms with van der Waals surface area (Å²) in [5.41, 5.74) is 3.30. The van der Waals surface area contributed by atoms with E-state index in [-0.39, 0.29) is 5.57 Å². The highest BCUT2D eigenvalue weighted by Crippen LogP contribution is 2.44. The number of carbonyl (C=O) groups is 2. The molecule has 0 saturated carbocycles. The smallest absolute Gasteiger partial charge is 0.296 e. The van der Waals surface area contributed by atoms with Crippen LogP contribution < -0.4 is 9.64 Å². The summed E-state index contributed by atoms with van der Waals surface area (Å²) in [6.07, 6.45) is 3.05. The van der Waals surface area contributed by atoms with Crippen molar-refractivity contribution < 1.29 is 19.4 Å². The van der Waals surface area contributed by atoms with E-state index < -0.39 is 23.5 Å². The van der Waals surface area contributed by atoms with Gasteiger partial charge in [-0.25, -0.2) is 4.98 Å². The lowest BCUT2D eigenvalue weighted by Gasteiger charge is -2.24. The molecule has 0 fully saturated rings. The Labute approximate surface area is 206 Å². The number of rotatable bonds is 6. The molecule has 7 heteroatoms. The molecule has 1 aliphatic heterocycles. The number of thiazole rings is 1. The van der Waals surface area contributed by atoms with Gasteiger partial charge >= 0.3 is 0 Å². The van der Waals surface area contributed by atoms with Crippen LogP contribution >= 0.6 is 11.3 Å². The highest BCUT2D eigenvalue weighted by Gasteiger charge is 2.45. The fourth-order valence-electron chi connectivity index (χ4n) is 4.13. The van der Waals surface area contributed by atoms with Gasteiger partial charge < -0.3 is 9.84 Å². The summed E-state index contributed by atoms with van der Waals surface area (Å²) in [7, 11) is 1.55. The molecular formula is C28H22N2O4S. The number of benzene rings is 3.